The summed E-state index contributed by atoms with van der Waals surface area (Å²) < 4.78 is 5.12. The van der Waals surface area contributed by atoms with Crippen molar-refractivity contribution >= 4 is 17.7 Å². The van der Waals surface area contributed by atoms with Gasteiger partial charge in [0.1, 0.15) is 0 Å². The number of ether oxygens (including phenoxy) is 1. The highest BCUT2D eigenvalue weighted by Gasteiger charge is 2.19. The second-order valence-electron chi connectivity index (χ2n) is 5.71. The van der Waals surface area contributed by atoms with Gasteiger partial charge in [-0.2, -0.15) is 11.8 Å². The van der Waals surface area contributed by atoms with Gasteiger partial charge in [0.2, 0.25) is 0 Å². The molecule has 1 aliphatic heterocycles. The lowest BCUT2D eigenvalue weighted by Crippen LogP contribution is -2.48. The molecule has 1 saturated heterocycles. The van der Waals surface area contributed by atoms with Gasteiger partial charge in [-0.05, 0) is 44.6 Å². The van der Waals surface area contributed by atoms with Gasteiger partial charge in [0.15, 0.2) is 5.96 Å². The summed E-state index contributed by atoms with van der Waals surface area (Å²) in [7, 11) is 1.77. The Morgan fingerprint density at radius 1 is 1.32 bits per heavy atom. The lowest BCUT2D eigenvalue weighted by atomic mass is 10.1. The number of nitrogens with zero attached hydrogens (tertiary/aromatic N) is 2. The fraction of sp³-hybridized carbons (Fsp3) is 0.938. The maximum Gasteiger partial charge on any atom is 0.191 e. The van der Waals surface area contributed by atoms with Gasteiger partial charge in [-0.1, -0.05) is 0 Å². The number of methoxy groups -OCH3 is 1. The molecule has 1 rings (SSSR count). The van der Waals surface area contributed by atoms with Crippen LogP contribution in [-0.4, -0.2) is 75.4 Å². The van der Waals surface area contributed by atoms with E-state index in [4.69, 9.17) is 4.74 Å². The zero-order valence-corrected chi connectivity index (χ0v) is 15.4. The smallest absolute Gasteiger partial charge is 0.191 e. The van der Waals surface area contributed by atoms with E-state index in [2.05, 4.69) is 33.7 Å². The number of hydrogen-bond donors (Lipinski definition) is 2. The summed E-state index contributed by atoms with van der Waals surface area (Å²) in [5.74, 6) is 2.17. The monoisotopic (exact) mass is 330 g/mol. The van der Waals surface area contributed by atoms with Crippen molar-refractivity contribution in [1.29, 1.82) is 0 Å². The Labute approximate surface area is 140 Å². The van der Waals surface area contributed by atoms with E-state index in [1.54, 1.807) is 7.11 Å². The van der Waals surface area contributed by atoms with Crippen molar-refractivity contribution in [2.45, 2.75) is 38.6 Å². The molecule has 22 heavy (non-hydrogen) atoms. The highest BCUT2D eigenvalue weighted by Crippen LogP contribution is 2.10. The molecule has 0 radical (unpaired) electrons. The zero-order valence-electron chi connectivity index (χ0n) is 14.6. The molecule has 0 aromatic heterocycles. The number of thioether (sulfide) groups is 1. The topological polar surface area (TPSA) is 48.9 Å². The lowest BCUT2D eigenvalue weighted by Gasteiger charge is -2.33. The van der Waals surface area contributed by atoms with Crippen molar-refractivity contribution in [2.75, 3.05) is 58.4 Å². The molecule has 0 atom stereocenters. The van der Waals surface area contributed by atoms with Gasteiger partial charge in [-0.3, -0.25) is 4.99 Å². The van der Waals surface area contributed by atoms with E-state index in [-0.39, 0.29) is 0 Å². The maximum absolute atomic E-state index is 5.12. The molecule has 0 bridgehead atoms. The standard InChI is InChI=1S/C16H34N4OS/c1-4-17-16(18-9-5-14-22-3)19-15-7-11-20(12-8-15)10-6-13-21-2/h15H,4-14H2,1-3H3,(H2,17,18,19). The largest absolute Gasteiger partial charge is 0.385 e. The summed E-state index contributed by atoms with van der Waals surface area (Å²) >= 11 is 1.89. The van der Waals surface area contributed by atoms with Crippen LogP contribution >= 0.6 is 11.8 Å². The molecule has 0 spiro atoms. The van der Waals surface area contributed by atoms with Crippen LogP contribution in [0.25, 0.3) is 0 Å². The molecule has 0 amide bonds. The summed E-state index contributed by atoms with van der Waals surface area (Å²) in [6.45, 7) is 8.32. The van der Waals surface area contributed by atoms with Gasteiger partial charge in [0.25, 0.3) is 0 Å². The summed E-state index contributed by atoms with van der Waals surface area (Å²) in [4.78, 5) is 7.22. The quantitative estimate of drug-likeness (QED) is 0.363. The minimum Gasteiger partial charge on any atom is -0.385 e. The molecule has 0 saturated carbocycles. The van der Waals surface area contributed by atoms with Crippen LogP contribution in [0.15, 0.2) is 4.99 Å². The van der Waals surface area contributed by atoms with Crippen LogP contribution in [0.2, 0.25) is 0 Å². The zero-order chi connectivity index (χ0) is 16.0. The number of guanidine groups is 1. The Morgan fingerprint density at radius 2 is 2.09 bits per heavy atom. The van der Waals surface area contributed by atoms with Crippen molar-refractivity contribution in [3.63, 3.8) is 0 Å². The molecule has 1 heterocycles. The normalized spacial score (nSPS) is 17.7. The SMILES string of the molecule is CCNC(=NCCCSC)NC1CCN(CCCOC)CC1. The van der Waals surface area contributed by atoms with Crippen molar-refractivity contribution < 1.29 is 4.74 Å². The Kier molecular flexibility index (Phi) is 11.6. The minimum absolute atomic E-state index is 0.553. The molecule has 5 nitrogen and oxygen atoms in total. The van der Waals surface area contributed by atoms with Crippen LogP contribution in [0.1, 0.15) is 32.6 Å². The predicted molar refractivity (Wildman–Crippen MR) is 98.1 cm³/mol. The average Bonchev–Trinajstić information content (AvgIpc) is 2.53. The van der Waals surface area contributed by atoms with Gasteiger partial charge in [-0.15, -0.1) is 0 Å². The van der Waals surface area contributed by atoms with Gasteiger partial charge < -0.3 is 20.3 Å². The molecule has 6 heteroatoms. The fourth-order valence-electron chi connectivity index (χ4n) is 2.65. The van der Waals surface area contributed by atoms with E-state index in [1.807, 2.05) is 11.8 Å². The molecule has 1 fully saturated rings. The van der Waals surface area contributed by atoms with Crippen LogP contribution in [0.3, 0.4) is 0 Å². The highest BCUT2D eigenvalue weighted by atomic mass is 32.2. The second kappa shape index (κ2) is 13.0. The van der Waals surface area contributed by atoms with Gasteiger partial charge in [-0.25, -0.2) is 0 Å². The number of hydrogen-bond acceptors (Lipinski definition) is 4. The van der Waals surface area contributed by atoms with Crippen molar-refractivity contribution in [3.05, 3.63) is 0 Å². The highest BCUT2D eigenvalue weighted by molar-refractivity contribution is 7.98. The van der Waals surface area contributed by atoms with Crippen LogP contribution < -0.4 is 10.6 Å². The number of piperidine rings is 1. The van der Waals surface area contributed by atoms with E-state index in [1.165, 1.54) is 31.7 Å². The average molecular weight is 331 g/mol. The lowest BCUT2D eigenvalue weighted by molar-refractivity contribution is 0.155. The first-order valence-corrected chi connectivity index (χ1v) is 9.94. The van der Waals surface area contributed by atoms with Crippen LogP contribution in [0, 0.1) is 0 Å². The Hall–Kier alpha value is -0.460. The Balaban J connectivity index is 2.26. The second-order valence-corrected chi connectivity index (χ2v) is 6.70. The van der Waals surface area contributed by atoms with Gasteiger partial charge in [0.05, 0.1) is 0 Å². The molecule has 1 aliphatic rings. The maximum atomic E-state index is 5.12. The number of likely N-dealkylation sites (tertiary alicyclic amines) is 1. The third kappa shape index (κ3) is 8.86. The third-order valence-corrected chi connectivity index (χ3v) is 4.57. The molecule has 0 aliphatic carbocycles. The molecular formula is C16H34N4OS. The summed E-state index contributed by atoms with van der Waals surface area (Å²) in [6, 6.07) is 0.553. The first-order valence-electron chi connectivity index (χ1n) is 8.55. The first-order chi connectivity index (χ1) is 10.8. The number of rotatable bonds is 10. The molecule has 130 valence electrons. The van der Waals surface area contributed by atoms with E-state index in [9.17, 15) is 0 Å². The van der Waals surface area contributed by atoms with Crippen molar-refractivity contribution in [1.82, 2.24) is 15.5 Å². The van der Waals surface area contributed by atoms with E-state index in [0.29, 0.717) is 6.04 Å². The van der Waals surface area contributed by atoms with E-state index >= 15 is 0 Å². The fourth-order valence-corrected chi connectivity index (χ4v) is 3.06. The summed E-state index contributed by atoms with van der Waals surface area (Å²) in [6.07, 6.45) is 6.82. The summed E-state index contributed by atoms with van der Waals surface area (Å²) in [5, 5.41) is 6.96. The molecular weight excluding hydrogens is 296 g/mol. The van der Waals surface area contributed by atoms with Gasteiger partial charge in [0, 0.05) is 52.5 Å². The molecule has 0 aromatic carbocycles. The van der Waals surface area contributed by atoms with Crippen LogP contribution in [0.4, 0.5) is 0 Å². The minimum atomic E-state index is 0.553. The number of aliphatic imine (C=N–C) groups is 1. The molecule has 2 N–H and O–H groups in total. The molecule has 0 aromatic rings. The Bertz CT molecular complexity index is 294. The van der Waals surface area contributed by atoms with Crippen LogP contribution in [-0.2, 0) is 4.74 Å². The number of nitrogens with one attached hydrogen (secondary N) is 2. The van der Waals surface area contributed by atoms with E-state index in [0.717, 1.165) is 45.0 Å². The van der Waals surface area contributed by atoms with Crippen molar-refractivity contribution in [3.8, 4) is 0 Å². The van der Waals surface area contributed by atoms with E-state index < -0.39 is 0 Å². The molecule has 0 unspecified atom stereocenters. The summed E-state index contributed by atoms with van der Waals surface area (Å²) in [5.41, 5.74) is 0. The first kappa shape index (κ1) is 19.6. The predicted octanol–water partition coefficient (Wildman–Crippen LogP) is 1.80. The van der Waals surface area contributed by atoms with Gasteiger partial charge >= 0.3 is 0 Å². The Morgan fingerprint density at radius 3 is 2.73 bits per heavy atom. The van der Waals surface area contributed by atoms with Crippen LogP contribution in [0.5, 0.6) is 0 Å². The van der Waals surface area contributed by atoms with Crippen molar-refractivity contribution in [2.24, 2.45) is 4.99 Å². The third-order valence-electron chi connectivity index (χ3n) is 3.87.